The van der Waals surface area contributed by atoms with E-state index in [1.54, 1.807) is 6.20 Å². The van der Waals surface area contributed by atoms with Crippen LogP contribution >= 0.6 is 11.6 Å². The summed E-state index contributed by atoms with van der Waals surface area (Å²) in [5.74, 6) is 0.522. The SMILES string of the molecule is CCOc1nccc(C)c1Cl. The summed E-state index contributed by atoms with van der Waals surface area (Å²) in [5.41, 5.74) is 0.991. The molecule has 0 aliphatic rings. The van der Waals surface area contributed by atoms with Crippen LogP contribution in [-0.4, -0.2) is 11.6 Å². The summed E-state index contributed by atoms with van der Waals surface area (Å²) in [6.07, 6.45) is 1.69. The lowest BCUT2D eigenvalue weighted by atomic mass is 10.3. The Bertz CT molecular complexity index is 250. The van der Waals surface area contributed by atoms with Crippen molar-refractivity contribution < 1.29 is 4.74 Å². The zero-order chi connectivity index (χ0) is 8.27. The Hall–Kier alpha value is -0.760. The van der Waals surface area contributed by atoms with Crippen molar-refractivity contribution in [2.75, 3.05) is 6.61 Å². The Morgan fingerprint density at radius 3 is 3.00 bits per heavy atom. The van der Waals surface area contributed by atoms with E-state index in [-0.39, 0.29) is 0 Å². The van der Waals surface area contributed by atoms with E-state index in [4.69, 9.17) is 16.3 Å². The van der Waals surface area contributed by atoms with Crippen molar-refractivity contribution in [2.45, 2.75) is 13.8 Å². The number of aryl methyl sites for hydroxylation is 1. The zero-order valence-electron chi connectivity index (χ0n) is 6.60. The van der Waals surface area contributed by atoms with Gasteiger partial charge in [0.15, 0.2) is 0 Å². The maximum atomic E-state index is 5.88. The van der Waals surface area contributed by atoms with Gasteiger partial charge in [0.1, 0.15) is 5.02 Å². The number of hydrogen-bond donors (Lipinski definition) is 0. The molecule has 11 heavy (non-hydrogen) atoms. The van der Waals surface area contributed by atoms with Crippen molar-refractivity contribution in [1.82, 2.24) is 4.98 Å². The first-order valence-electron chi connectivity index (χ1n) is 3.49. The number of pyridine rings is 1. The van der Waals surface area contributed by atoms with Crippen LogP contribution in [0, 0.1) is 6.92 Å². The minimum Gasteiger partial charge on any atom is -0.477 e. The molecular formula is C8H10ClNO. The molecule has 0 aliphatic carbocycles. The molecule has 2 nitrogen and oxygen atoms in total. The van der Waals surface area contributed by atoms with Gasteiger partial charge < -0.3 is 4.74 Å². The monoisotopic (exact) mass is 171 g/mol. The Labute approximate surface area is 71.2 Å². The number of hydrogen-bond acceptors (Lipinski definition) is 2. The first kappa shape index (κ1) is 8.34. The van der Waals surface area contributed by atoms with Gasteiger partial charge in [0.2, 0.25) is 5.88 Å². The fraction of sp³-hybridized carbons (Fsp3) is 0.375. The molecule has 1 heterocycles. The number of ether oxygens (including phenoxy) is 1. The number of aromatic nitrogens is 1. The van der Waals surface area contributed by atoms with Crippen molar-refractivity contribution in [1.29, 1.82) is 0 Å². The molecule has 0 unspecified atom stereocenters. The Balaban J connectivity index is 2.96. The van der Waals surface area contributed by atoms with Gasteiger partial charge in [-0.05, 0) is 25.5 Å². The zero-order valence-corrected chi connectivity index (χ0v) is 7.35. The maximum absolute atomic E-state index is 5.88. The third kappa shape index (κ3) is 1.84. The van der Waals surface area contributed by atoms with Crippen LogP contribution in [0.25, 0.3) is 0 Å². The first-order chi connectivity index (χ1) is 5.25. The van der Waals surface area contributed by atoms with Gasteiger partial charge in [-0.2, -0.15) is 0 Å². The molecule has 60 valence electrons. The molecule has 0 bridgehead atoms. The van der Waals surface area contributed by atoms with Crippen molar-refractivity contribution in [3.63, 3.8) is 0 Å². The Morgan fingerprint density at radius 2 is 2.36 bits per heavy atom. The number of rotatable bonds is 2. The lowest BCUT2D eigenvalue weighted by Crippen LogP contribution is -1.95. The molecule has 0 N–H and O–H groups in total. The van der Waals surface area contributed by atoms with E-state index >= 15 is 0 Å². The number of halogens is 1. The van der Waals surface area contributed by atoms with Crippen LogP contribution in [0.5, 0.6) is 5.88 Å². The van der Waals surface area contributed by atoms with Gasteiger partial charge in [-0.3, -0.25) is 0 Å². The van der Waals surface area contributed by atoms with Crippen LogP contribution < -0.4 is 4.74 Å². The normalized spacial score (nSPS) is 9.73. The van der Waals surface area contributed by atoms with Crippen LogP contribution in [0.1, 0.15) is 12.5 Å². The molecule has 0 aliphatic heterocycles. The third-order valence-corrected chi connectivity index (χ3v) is 1.79. The summed E-state index contributed by atoms with van der Waals surface area (Å²) >= 11 is 5.88. The summed E-state index contributed by atoms with van der Waals surface area (Å²) in [7, 11) is 0. The first-order valence-corrected chi connectivity index (χ1v) is 3.87. The van der Waals surface area contributed by atoms with Gasteiger partial charge in [0, 0.05) is 6.20 Å². The number of nitrogens with zero attached hydrogens (tertiary/aromatic N) is 1. The van der Waals surface area contributed by atoms with Crippen LogP contribution in [0.2, 0.25) is 5.02 Å². The van der Waals surface area contributed by atoms with Gasteiger partial charge in [-0.25, -0.2) is 4.98 Å². The predicted octanol–water partition coefficient (Wildman–Crippen LogP) is 2.44. The summed E-state index contributed by atoms with van der Waals surface area (Å²) in [6, 6.07) is 1.85. The molecule has 1 aromatic rings. The van der Waals surface area contributed by atoms with Crippen LogP contribution in [0.4, 0.5) is 0 Å². The quantitative estimate of drug-likeness (QED) is 0.682. The smallest absolute Gasteiger partial charge is 0.232 e. The van der Waals surface area contributed by atoms with Crippen molar-refractivity contribution in [3.05, 3.63) is 22.8 Å². The van der Waals surface area contributed by atoms with E-state index in [0.717, 1.165) is 5.56 Å². The van der Waals surface area contributed by atoms with E-state index in [2.05, 4.69) is 4.98 Å². The molecule has 0 saturated carbocycles. The van der Waals surface area contributed by atoms with E-state index in [9.17, 15) is 0 Å². The third-order valence-electron chi connectivity index (χ3n) is 1.33. The standard InChI is InChI=1S/C8H10ClNO/c1-3-11-8-7(9)6(2)4-5-10-8/h4-5H,3H2,1-2H3. The molecule has 0 amide bonds. The van der Waals surface area contributed by atoms with Gasteiger partial charge in [-0.15, -0.1) is 0 Å². The Morgan fingerprint density at radius 1 is 1.64 bits per heavy atom. The second-order valence-electron chi connectivity index (χ2n) is 2.18. The second kappa shape index (κ2) is 3.58. The van der Waals surface area contributed by atoms with Crippen molar-refractivity contribution >= 4 is 11.6 Å². The largest absolute Gasteiger partial charge is 0.477 e. The average molecular weight is 172 g/mol. The molecule has 0 aromatic carbocycles. The second-order valence-corrected chi connectivity index (χ2v) is 2.56. The predicted molar refractivity (Wildman–Crippen MR) is 45.2 cm³/mol. The van der Waals surface area contributed by atoms with Crippen LogP contribution in [-0.2, 0) is 0 Å². The highest BCUT2D eigenvalue weighted by Gasteiger charge is 2.03. The molecule has 0 spiro atoms. The van der Waals surface area contributed by atoms with Gasteiger partial charge >= 0.3 is 0 Å². The summed E-state index contributed by atoms with van der Waals surface area (Å²) in [5, 5.41) is 0.606. The van der Waals surface area contributed by atoms with Gasteiger partial charge in [0.05, 0.1) is 6.61 Å². The summed E-state index contributed by atoms with van der Waals surface area (Å²) < 4.78 is 5.17. The molecule has 3 heteroatoms. The topological polar surface area (TPSA) is 22.1 Å². The van der Waals surface area contributed by atoms with Gasteiger partial charge in [0.25, 0.3) is 0 Å². The molecule has 1 rings (SSSR count). The van der Waals surface area contributed by atoms with Crippen LogP contribution in [0.15, 0.2) is 12.3 Å². The van der Waals surface area contributed by atoms with Crippen LogP contribution in [0.3, 0.4) is 0 Å². The van der Waals surface area contributed by atoms with Crippen molar-refractivity contribution in [2.24, 2.45) is 0 Å². The molecule has 0 saturated heterocycles. The lowest BCUT2D eigenvalue weighted by Gasteiger charge is -2.04. The minimum absolute atomic E-state index is 0.522. The molecule has 0 atom stereocenters. The average Bonchev–Trinajstić information content (AvgIpc) is 1.99. The minimum atomic E-state index is 0.522. The summed E-state index contributed by atoms with van der Waals surface area (Å²) in [6.45, 7) is 4.42. The van der Waals surface area contributed by atoms with E-state index in [1.807, 2.05) is 19.9 Å². The maximum Gasteiger partial charge on any atom is 0.232 e. The molecule has 0 fully saturated rings. The lowest BCUT2D eigenvalue weighted by molar-refractivity contribution is 0.327. The van der Waals surface area contributed by atoms with Gasteiger partial charge in [-0.1, -0.05) is 11.6 Å². The van der Waals surface area contributed by atoms with E-state index < -0.39 is 0 Å². The summed E-state index contributed by atoms with van der Waals surface area (Å²) in [4.78, 5) is 3.97. The molecule has 0 radical (unpaired) electrons. The fourth-order valence-electron chi connectivity index (χ4n) is 0.753. The van der Waals surface area contributed by atoms with E-state index in [0.29, 0.717) is 17.5 Å². The molecule has 1 aromatic heterocycles. The highest BCUT2D eigenvalue weighted by atomic mass is 35.5. The van der Waals surface area contributed by atoms with Crippen molar-refractivity contribution in [3.8, 4) is 5.88 Å². The van der Waals surface area contributed by atoms with E-state index in [1.165, 1.54) is 0 Å². The highest BCUT2D eigenvalue weighted by Crippen LogP contribution is 2.24. The Kier molecular flexibility index (Phi) is 2.71. The fourth-order valence-corrected chi connectivity index (χ4v) is 0.919. The molecular weight excluding hydrogens is 162 g/mol. The highest BCUT2D eigenvalue weighted by molar-refractivity contribution is 6.32.